The van der Waals surface area contributed by atoms with Crippen LogP contribution in [-0.2, 0) is 0 Å². The number of hydrogen-bond donors (Lipinski definition) is 1. The van der Waals surface area contributed by atoms with Crippen LogP contribution in [0.2, 0.25) is 0 Å². The summed E-state index contributed by atoms with van der Waals surface area (Å²) in [7, 11) is 0. The molecular formula is C13H29N. The molecule has 0 aromatic heterocycles. The second-order valence-corrected chi connectivity index (χ2v) is 5.33. The van der Waals surface area contributed by atoms with Crippen molar-refractivity contribution in [2.45, 2.75) is 66.3 Å². The van der Waals surface area contributed by atoms with E-state index in [-0.39, 0.29) is 0 Å². The van der Waals surface area contributed by atoms with Gasteiger partial charge in [-0.1, -0.05) is 34.1 Å². The van der Waals surface area contributed by atoms with Gasteiger partial charge in [-0.15, -0.1) is 0 Å². The molecule has 3 unspecified atom stereocenters. The van der Waals surface area contributed by atoms with Gasteiger partial charge in [0.15, 0.2) is 0 Å². The molecule has 0 aromatic carbocycles. The van der Waals surface area contributed by atoms with Gasteiger partial charge in [0, 0.05) is 6.04 Å². The van der Waals surface area contributed by atoms with Gasteiger partial charge in [-0.3, -0.25) is 0 Å². The minimum Gasteiger partial charge on any atom is -0.328 e. The molecule has 86 valence electrons. The fourth-order valence-corrected chi connectivity index (χ4v) is 2.17. The molecule has 0 rings (SSSR count). The minimum atomic E-state index is 0.369. The molecule has 0 radical (unpaired) electrons. The normalized spacial score (nSPS) is 18.2. The van der Waals surface area contributed by atoms with Crippen molar-refractivity contribution < 1.29 is 0 Å². The van der Waals surface area contributed by atoms with Gasteiger partial charge >= 0.3 is 0 Å². The molecular weight excluding hydrogens is 170 g/mol. The highest BCUT2D eigenvalue weighted by molar-refractivity contribution is 4.68. The summed E-state index contributed by atoms with van der Waals surface area (Å²) in [5.41, 5.74) is 5.78. The molecule has 1 heteroatoms. The van der Waals surface area contributed by atoms with Crippen LogP contribution in [0.3, 0.4) is 0 Å². The summed E-state index contributed by atoms with van der Waals surface area (Å²) < 4.78 is 0. The number of rotatable bonds is 7. The third-order valence-electron chi connectivity index (χ3n) is 3.18. The zero-order valence-electron chi connectivity index (χ0n) is 10.7. The summed E-state index contributed by atoms with van der Waals surface area (Å²) in [6.45, 7) is 11.5. The van der Waals surface area contributed by atoms with Crippen LogP contribution in [0.4, 0.5) is 0 Å². The molecule has 0 fully saturated rings. The Balaban J connectivity index is 3.84. The zero-order valence-corrected chi connectivity index (χ0v) is 10.7. The van der Waals surface area contributed by atoms with E-state index in [2.05, 4.69) is 34.6 Å². The maximum Gasteiger partial charge on any atom is 0.00105 e. The summed E-state index contributed by atoms with van der Waals surface area (Å²) in [5.74, 6) is 2.57. The molecule has 0 saturated carbocycles. The summed E-state index contributed by atoms with van der Waals surface area (Å²) in [6, 6.07) is 0.369. The average Bonchev–Trinajstić information content (AvgIpc) is 2.09. The molecule has 1 nitrogen and oxygen atoms in total. The average molecular weight is 199 g/mol. The molecule has 0 bridgehead atoms. The quantitative estimate of drug-likeness (QED) is 0.662. The van der Waals surface area contributed by atoms with Crippen molar-refractivity contribution in [3.8, 4) is 0 Å². The van der Waals surface area contributed by atoms with Crippen LogP contribution in [0, 0.1) is 17.8 Å². The molecule has 0 heterocycles. The van der Waals surface area contributed by atoms with Gasteiger partial charge < -0.3 is 5.73 Å². The van der Waals surface area contributed by atoms with Gasteiger partial charge in [0.1, 0.15) is 0 Å². The fraction of sp³-hybridized carbons (Fsp3) is 1.00. The van der Waals surface area contributed by atoms with Crippen molar-refractivity contribution in [1.29, 1.82) is 0 Å². The Labute approximate surface area is 90.5 Å². The van der Waals surface area contributed by atoms with Crippen molar-refractivity contribution >= 4 is 0 Å². The Bertz CT molecular complexity index is 129. The Morgan fingerprint density at radius 2 is 1.57 bits per heavy atom. The van der Waals surface area contributed by atoms with E-state index in [9.17, 15) is 0 Å². The topological polar surface area (TPSA) is 26.0 Å². The SMILES string of the molecule is CCC(CC(C)C)C(C)CCC(C)N. The molecule has 0 amide bonds. The highest BCUT2D eigenvalue weighted by Gasteiger charge is 2.16. The lowest BCUT2D eigenvalue weighted by atomic mass is 9.82. The standard InChI is InChI=1S/C13H29N/c1-6-13(9-10(2)3)11(4)7-8-12(5)14/h10-13H,6-9,14H2,1-5H3. The van der Waals surface area contributed by atoms with Gasteiger partial charge in [-0.25, -0.2) is 0 Å². The highest BCUT2D eigenvalue weighted by atomic mass is 14.6. The van der Waals surface area contributed by atoms with Crippen LogP contribution in [0.5, 0.6) is 0 Å². The van der Waals surface area contributed by atoms with E-state index in [1.54, 1.807) is 0 Å². The summed E-state index contributed by atoms with van der Waals surface area (Å²) >= 11 is 0. The smallest absolute Gasteiger partial charge is 0.00105 e. The molecule has 0 aliphatic heterocycles. The lowest BCUT2D eigenvalue weighted by Crippen LogP contribution is -2.19. The molecule has 14 heavy (non-hydrogen) atoms. The second kappa shape index (κ2) is 7.28. The first-order chi connectivity index (χ1) is 6.47. The summed E-state index contributed by atoms with van der Waals surface area (Å²) in [4.78, 5) is 0. The van der Waals surface area contributed by atoms with Crippen molar-refractivity contribution in [2.75, 3.05) is 0 Å². The zero-order chi connectivity index (χ0) is 11.1. The monoisotopic (exact) mass is 199 g/mol. The lowest BCUT2D eigenvalue weighted by molar-refractivity contribution is 0.269. The first-order valence-electron chi connectivity index (χ1n) is 6.22. The van der Waals surface area contributed by atoms with Crippen LogP contribution < -0.4 is 5.73 Å². The largest absolute Gasteiger partial charge is 0.328 e. The van der Waals surface area contributed by atoms with Crippen molar-refractivity contribution in [2.24, 2.45) is 23.5 Å². The van der Waals surface area contributed by atoms with Crippen molar-refractivity contribution in [3.63, 3.8) is 0 Å². The first kappa shape index (κ1) is 14.0. The molecule has 0 spiro atoms. The van der Waals surface area contributed by atoms with E-state index < -0.39 is 0 Å². The maximum absolute atomic E-state index is 5.78. The van der Waals surface area contributed by atoms with Gasteiger partial charge in [-0.2, -0.15) is 0 Å². The molecule has 0 aromatic rings. The summed E-state index contributed by atoms with van der Waals surface area (Å²) in [5, 5.41) is 0. The van der Waals surface area contributed by atoms with Crippen LogP contribution in [0.1, 0.15) is 60.3 Å². The Kier molecular flexibility index (Phi) is 7.26. The number of nitrogens with two attached hydrogens (primary N) is 1. The fourth-order valence-electron chi connectivity index (χ4n) is 2.17. The Morgan fingerprint density at radius 1 is 1.00 bits per heavy atom. The third-order valence-corrected chi connectivity index (χ3v) is 3.18. The first-order valence-corrected chi connectivity index (χ1v) is 6.22. The van der Waals surface area contributed by atoms with Gasteiger partial charge in [-0.05, 0) is 43.9 Å². The van der Waals surface area contributed by atoms with Crippen molar-refractivity contribution in [3.05, 3.63) is 0 Å². The van der Waals surface area contributed by atoms with Crippen LogP contribution in [-0.4, -0.2) is 6.04 Å². The molecule has 2 N–H and O–H groups in total. The van der Waals surface area contributed by atoms with Crippen LogP contribution in [0.15, 0.2) is 0 Å². The predicted octanol–water partition coefficient (Wildman–Crippen LogP) is 3.82. The predicted molar refractivity (Wildman–Crippen MR) is 65.3 cm³/mol. The van der Waals surface area contributed by atoms with Gasteiger partial charge in [0.2, 0.25) is 0 Å². The van der Waals surface area contributed by atoms with E-state index in [0.29, 0.717) is 6.04 Å². The molecule has 3 atom stereocenters. The Morgan fingerprint density at radius 3 is 1.93 bits per heavy atom. The van der Waals surface area contributed by atoms with Crippen molar-refractivity contribution in [1.82, 2.24) is 0 Å². The number of hydrogen-bond acceptors (Lipinski definition) is 1. The van der Waals surface area contributed by atoms with E-state index in [0.717, 1.165) is 17.8 Å². The van der Waals surface area contributed by atoms with E-state index in [4.69, 9.17) is 5.73 Å². The lowest BCUT2D eigenvalue weighted by Gasteiger charge is -2.25. The minimum absolute atomic E-state index is 0.369. The molecule has 0 aliphatic rings. The van der Waals surface area contributed by atoms with E-state index in [1.807, 2.05) is 0 Å². The highest BCUT2D eigenvalue weighted by Crippen LogP contribution is 2.27. The molecule has 0 saturated heterocycles. The third kappa shape index (κ3) is 6.42. The summed E-state index contributed by atoms with van der Waals surface area (Å²) in [6.07, 6.45) is 5.16. The van der Waals surface area contributed by atoms with E-state index in [1.165, 1.54) is 25.7 Å². The maximum atomic E-state index is 5.78. The Hall–Kier alpha value is -0.0400. The van der Waals surface area contributed by atoms with Crippen LogP contribution >= 0.6 is 0 Å². The van der Waals surface area contributed by atoms with E-state index >= 15 is 0 Å². The van der Waals surface area contributed by atoms with Gasteiger partial charge in [0.25, 0.3) is 0 Å². The van der Waals surface area contributed by atoms with Crippen LogP contribution in [0.25, 0.3) is 0 Å². The molecule has 0 aliphatic carbocycles. The van der Waals surface area contributed by atoms with Gasteiger partial charge in [0.05, 0.1) is 0 Å². The second-order valence-electron chi connectivity index (χ2n) is 5.33.